The van der Waals surface area contributed by atoms with Gasteiger partial charge < -0.3 is 10.1 Å². The quantitative estimate of drug-likeness (QED) is 0.562. The van der Waals surface area contributed by atoms with E-state index < -0.39 is 5.97 Å². The Balaban J connectivity index is 0. The van der Waals surface area contributed by atoms with Crippen LogP contribution >= 0.6 is 0 Å². The fraction of sp³-hybridized carbons (Fsp3) is 0.571. The minimum Gasteiger partial charge on any atom is -0.466 e. The minimum absolute atomic E-state index is 0.0538. The van der Waals surface area contributed by atoms with Crippen molar-refractivity contribution in [1.82, 2.24) is 5.32 Å². The van der Waals surface area contributed by atoms with Crippen LogP contribution in [0.4, 0.5) is 0 Å². The number of carbonyl (C=O) groups is 2. The Morgan fingerprint density at radius 2 is 1.67 bits per heavy atom. The average Bonchev–Trinajstić information content (AvgIpc) is 2.38. The average molecular weight is 255 g/mol. The summed E-state index contributed by atoms with van der Waals surface area (Å²) in [6, 6.07) is 0.338. The number of rotatable bonds is 7. The van der Waals surface area contributed by atoms with Gasteiger partial charge in [-0.15, -0.1) is 0 Å². The van der Waals surface area contributed by atoms with Gasteiger partial charge >= 0.3 is 5.97 Å². The number of carbonyl (C=O) groups excluding carboxylic acids is 2. The van der Waals surface area contributed by atoms with E-state index >= 15 is 0 Å². The fourth-order valence-electron chi connectivity index (χ4n) is 1.33. The van der Waals surface area contributed by atoms with Crippen molar-refractivity contribution in [1.29, 1.82) is 0 Å². The van der Waals surface area contributed by atoms with Crippen molar-refractivity contribution >= 4 is 11.9 Å². The summed E-state index contributed by atoms with van der Waals surface area (Å²) >= 11 is 0. The molecule has 18 heavy (non-hydrogen) atoms. The van der Waals surface area contributed by atoms with Gasteiger partial charge in [0.05, 0.1) is 7.11 Å². The van der Waals surface area contributed by atoms with Gasteiger partial charge in [0, 0.05) is 12.1 Å². The van der Waals surface area contributed by atoms with E-state index in [-0.39, 0.29) is 5.91 Å². The Hall–Kier alpha value is -1.58. The van der Waals surface area contributed by atoms with Crippen molar-refractivity contribution in [3.8, 4) is 0 Å². The zero-order valence-corrected chi connectivity index (χ0v) is 11.7. The van der Waals surface area contributed by atoms with Crippen LogP contribution in [-0.2, 0) is 14.3 Å². The first-order valence-electron chi connectivity index (χ1n) is 6.18. The fourth-order valence-corrected chi connectivity index (χ4v) is 1.33. The highest BCUT2D eigenvalue weighted by Gasteiger charge is 2.07. The molecule has 4 heteroatoms. The van der Waals surface area contributed by atoms with Crippen LogP contribution < -0.4 is 5.32 Å². The topological polar surface area (TPSA) is 55.4 Å². The lowest BCUT2D eigenvalue weighted by Gasteiger charge is -2.15. The Morgan fingerprint density at radius 3 is 1.89 bits per heavy atom. The van der Waals surface area contributed by atoms with Crippen LogP contribution in [-0.4, -0.2) is 25.0 Å². The van der Waals surface area contributed by atoms with Crippen molar-refractivity contribution in [2.24, 2.45) is 0 Å². The molecule has 0 aliphatic heterocycles. The molecule has 0 heterocycles. The highest BCUT2D eigenvalue weighted by atomic mass is 16.5. The van der Waals surface area contributed by atoms with Crippen LogP contribution in [0.2, 0.25) is 0 Å². The van der Waals surface area contributed by atoms with Gasteiger partial charge in [-0.2, -0.15) is 0 Å². The molecule has 0 bridgehead atoms. The Bertz CT molecular complexity index is 256. The first-order valence-corrected chi connectivity index (χ1v) is 6.18. The third-order valence-electron chi connectivity index (χ3n) is 2.17. The van der Waals surface area contributed by atoms with Gasteiger partial charge in [0.2, 0.25) is 5.91 Å². The zero-order chi connectivity index (χ0) is 14.4. The number of methoxy groups -OCH3 is 1. The summed E-state index contributed by atoms with van der Waals surface area (Å²) < 4.78 is 4.14. The molecule has 0 atom stereocenters. The molecule has 0 saturated carbocycles. The molecule has 0 aromatic rings. The number of ether oxygens (including phenoxy) is 1. The molecule has 4 nitrogen and oxygen atoms in total. The van der Waals surface area contributed by atoms with Crippen LogP contribution in [0, 0.1) is 0 Å². The largest absolute Gasteiger partial charge is 0.466 e. The smallest absolute Gasteiger partial charge is 0.329 e. The van der Waals surface area contributed by atoms with E-state index in [0.717, 1.165) is 31.8 Å². The summed E-state index contributed by atoms with van der Waals surface area (Å²) in [6.07, 6.45) is 6.79. The molecule has 1 N–H and O–H groups in total. The molecule has 0 rings (SSSR count). The molecule has 0 aromatic heterocycles. The molecule has 0 fully saturated rings. The predicted molar refractivity (Wildman–Crippen MR) is 74.2 cm³/mol. The summed E-state index contributed by atoms with van der Waals surface area (Å²) in [4.78, 5) is 20.8. The van der Waals surface area contributed by atoms with Crippen molar-refractivity contribution < 1.29 is 14.3 Å². The summed E-state index contributed by atoms with van der Waals surface area (Å²) in [5.74, 6) is -0.447. The van der Waals surface area contributed by atoms with Crippen LogP contribution in [0.5, 0.6) is 0 Å². The normalized spacial score (nSPS) is 8.89. The van der Waals surface area contributed by atoms with E-state index in [1.54, 1.807) is 0 Å². The summed E-state index contributed by atoms with van der Waals surface area (Å²) in [5.41, 5.74) is 0. The van der Waals surface area contributed by atoms with Crippen molar-refractivity contribution in [3.63, 3.8) is 0 Å². The summed E-state index contributed by atoms with van der Waals surface area (Å²) in [5, 5.41) is 2.91. The highest BCUT2D eigenvalue weighted by Crippen LogP contribution is 2.03. The van der Waals surface area contributed by atoms with Crippen LogP contribution in [0.25, 0.3) is 0 Å². The first-order chi connectivity index (χ1) is 8.55. The van der Waals surface area contributed by atoms with Gasteiger partial charge in [-0.05, 0) is 18.9 Å². The SMILES string of the molecule is C=CC(=O)NC(CCC)CCC.C=CC(=O)OC. The summed E-state index contributed by atoms with van der Waals surface area (Å²) in [7, 11) is 1.31. The molecule has 104 valence electrons. The lowest BCUT2D eigenvalue weighted by Crippen LogP contribution is -2.33. The second kappa shape index (κ2) is 13.5. The maximum absolute atomic E-state index is 10.9. The van der Waals surface area contributed by atoms with Gasteiger partial charge in [0.15, 0.2) is 0 Å². The highest BCUT2D eigenvalue weighted by molar-refractivity contribution is 5.87. The number of nitrogens with one attached hydrogen (secondary N) is 1. The van der Waals surface area contributed by atoms with Crippen molar-refractivity contribution in [2.75, 3.05) is 7.11 Å². The minimum atomic E-state index is -0.394. The van der Waals surface area contributed by atoms with Crippen molar-refractivity contribution in [3.05, 3.63) is 25.3 Å². The molecular formula is C14H25NO3. The van der Waals surface area contributed by atoms with Gasteiger partial charge in [-0.1, -0.05) is 39.8 Å². The number of hydrogen-bond acceptors (Lipinski definition) is 3. The van der Waals surface area contributed by atoms with E-state index in [0.29, 0.717) is 6.04 Å². The molecule has 0 aromatic carbocycles. The second-order valence-corrected chi connectivity index (χ2v) is 3.71. The third kappa shape index (κ3) is 12.5. The first kappa shape index (κ1) is 18.8. The molecule has 0 saturated heterocycles. The molecular weight excluding hydrogens is 230 g/mol. The van der Waals surface area contributed by atoms with Gasteiger partial charge in [-0.3, -0.25) is 4.79 Å². The third-order valence-corrected chi connectivity index (χ3v) is 2.17. The zero-order valence-electron chi connectivity index (χ0n) is 11.7. The Morgan fingerprint density at radius 1 is 1.17 bits per heavy atom. The number of amides is 1. The van der Waals surface area contributed by atoms with Crippen LogP contribution in [0.3, 0.4) is 0 Å². The number of esters is 1. The Labute approximate surface area is 110 Å². The van der Waals surface area contributed by atoms with E-state index in [2.05, 4.69) is 37.1 Å². The van der Waals surface area contributed by atoms with Gasteiger partial charge in [0.25, 0.3) is 0 Å². The molecule has 1 amide bonds. The van der Waals surface area contributed by atoms with E-state index in [1.807, 2.05) is 0 Å². The maximum atomic E-state index is 10.9. The second-order valence-electron chi connectivity index (χ2n) is 3.71. The standard InChI is InChI=1S/C10H19NO.C4H6O2/c1-4-7-9(8-5-2)11-10(12)6-3;1-3-4(5)6-2/h6,9H,3-5,7-8H2,1-2H3,(H,11,12);3H,1H2,2H3. The summed E-state index contributed by atoms with van der Waals surface area (Å²) in [6.45, 7) is 10.8. The van der Waals surface area contributed by atoms with E-state index in [4.69, 9.17) is 0 Å². The van der Waals surface area contributed by atoms with Gasteiger partial charge in [0.1, 0.15) is 0 Å². The molecule has 0 aliphatic carbocycles. The van der Waals surface area contributed by atoms with E-state index in [9.17, 15) is 9.59 Å². The predicted octanol–water partition coefficient (Wildman–Crippen LogP) is 2.60. The van der Waals surface area contributed by atoms with Crippen LogP contribution in [0.1, 0.15) is 39.5 Å². The molecule has 0 aliphatic rings. The number of hydrogen-bond donors (Lipinski definition) is 1. The lowest BCUT2D eigenvalue weighted by atomic mass is 10.1. The Kier molecular flexibility index (Phi) is 14.1. The van der Waals surface area contributed by atoms with E-state index in [1.165, 1.54) is 13.2 Å². The maximum Gasteiger partial charge on any atom is 0.329 e. The van der Waals surface area contributed by atoms with Crippen molar-refractivity contribution in [2.45, 2.75) is 45.6 Å². The lowest BCUT2D eigenvalue weighted by molar-refractivity contribution is -0.134. The van der Waals surface area contributed by atoms with Crippen LogP contribution in [0.15, 0.2) is 25.3 Å². The monoisotopic (exact) mass is 255 g/mol. The van der Waals surface area contributed by atoms with Gasteiger partial charge in [-0.25, -0.2) is 4.79 Å². The molecule has 0 spiro atoms. The molecule has 0 unspecified atom stereocenters. The molecule has 0 radical (unpaired) electrons.